The quantitative estimate of drug-likeness (QED) is 0.708. The van der Waals surface area contributed by atoms with Crippen LogP contribution in [0, 0.1) is 11.3 Å². The number of benzene rings is 2. The van der Waals surface area contributed by atoms with Crippen molar-refractivity contribution in [3.63, 3.8) is 0 Å². The molecule has 1 heterocycles. The number of hydrogen-bond acceptors (Lipinski definition) is 3. The minimum atomic E-state index is 0.337. The number of rotatable bonds is 2. The van der Waals surface area contributed by atoms with E-state index in [9.17, 15) is 0 Å². The highest BCUT2D eigenvalue weighted by atomic mass is 79.9. The second-order valence-corrected chi connectivity index (χ2v) is 5.08. The molecule has 92 valence electrons. The maximum atomic E-state index is 8.82. The minimum Gasteiger partial charge on any atom is -0.355 e. The molecule has 0 amide bonds. The van der Waals surface area contributed by atoms with Gasteiger partial charge in [0, 0.05) is 10.0 Å². The van der Waals surface area contributed by atoms with Crippen LogP contribution in [0.3, 0.4) is 0 Å². The summed E-state index contributed by atoms with van der Waals surface area (Å²) in [6.45, 7) is 0. The van der Waals surface area contributed by atoms with Gasteiger partial charge < -0.3 is 4.52 Å². The predicted octanol–water partition coefficient (Wildman–Crippen LogP) is 4.32. The van der Waals surface area contributed by atoms with Crippen molar-refractivity contribution in [1.29, 1.82) is 5.26 Å². The number of halogens is 1. The van der Waals surface area contributed by atoms with Gasteiger partial charge in [0.1, 0.15) is 5.52 Å². The first-order chi connectivity index (χ1) is 9.29. The van der Waals surface area contributed by atoms with Gasteiger partial charge in [0.15, 0.2) is 5.76 Å². The van der Waals surface area contributed by atoms with Gasteiger partial charge in [-0.3, -0.25) is 0 Å². The van der Waals surface area contributed by atoms with E-state index >= 15 is 0 Å². The van der Waals surface area contributed by atoms with Gasteiger partial charge in [-0.1, -0.05) is 33.2 Å². The highest BCUT2D eigenvalue weighted by Gasteiger charge is 2.13. The second kappa shape index (κ2) is 4.87. The zero-order chi connectivity index (χ0) is 13.2. The molecule has 19 heavy (non-hydrogen) atoms. The molecule has 0 saturated heterocycles. The Kier molecular flexibility index (Phi) is 3.06. The Bertz CT molecular complexity index is 769. The summed E-state index contributed by atoms with van der Waals surface area (Å²) in [5.74, 6) is 0.738. The number of aromatic nitrogens is 1. The van der Waals surface area contributed by atoms with E-state index in [0.29, 0.717) is 6.42 Å². The van der Waals surface area contributed by atoms with Crippen LogP contribution in [-0.2, 0) is 6.42 Å². The lowest BCUT2D eigenvalue weighted by molar-refractivity contribution is 0.440. The molecule has 0 saturated carbocycles. The largest absolute Gasteiger partial charge is 0.355 e. The Balaban J connectivity index is 2.18. The van der Waals surface area contributed by atoms with E-state index < -0.39 is 0 Å². The van der Waals surface area contributed by atoms with E-state index in [4.69, 9.17) is 9.78 Å². The van der Waals surface area contributed by atoms with Crippen LogP contribution in [0.4, 0.5) is 0 Å². The molecule has 3 rings (SSSR count). The summed E-state index contributed by atoms with van der Waals surface area (Å²) in [5, 5.41) is 13.9. The Morgan fingerprint density at radius 1 is 1.16 bits per heavy atom. The van der Waals surface area contributed by atoms with E-state index in [0.717, 1.165) is 32.3 Å². The Hall–Kier alpha value is -2.12. The zero-order valence-corrected chi connectivity index (χ0v) is 11.5. The maximum Gasteiger partial charge on any atom is 0.174 e. The molecule has 0 unspecified atom stereocenters. The summed E-state index contributed by atoms with van der Waals surface area (Å²) in [6.07, 6.45) is 0.337. The van der Waals surface area contributed by atoms with Gasteiger partial charge in [-0.2, -0.15) is 5.26 Å². The first-order valence-electron chi connectivity index (χ1n) is 5.80. The van der Waals surface area contributed by atoms with Gasteiger partial charge in [0.2, 0.25) is 0 Å². The molecule has 0 fully saturated rings. The third-order valence-corrected chi connectivity index (χ3v) is 3.50. The van der Waals surface area contributed by atoms with Gasteiger partial charge >= 0.3 is 0 Å². The highest BCUT2D eigenvalue weighted by molar-refractivity contribution is 9.10. The van der Waals surface area contributed by atoms with Crippen LogP contribution < -0.4 is 0 Å². The van der Waals surface area contributed by atoms with Crippen LogP contribution in [0.1, 0.15) is 5.56 Å². The molecule has 1 aromatic heterocycles. The summed E-state index contributed by atoms with van der Waals surface area (Å²) in [4.78, 5) is 0. The van der Waals surface area contributed by atoms with Crippen LogP contribution >= 0.6 is 15.9 Å². The molecule has 3 nitrogen and oxygen atoms in total. The maximum absolute atomic E-state index is 8.82. The number of hydrogen-bond donors (Lipinski definition) is 0. The smallest absolute Gasteiger partial charge is 0.174 e. The summed E-state index contributed by atoms with van der Waals surface area (Å²) in [7, 11) is 0. The van der Waals surface area contributed by atoms with Crippen molar-refractivity contribution in [3.8, 4) is 17.4 Å². The number of nitrogens with zero attached hydrogens (tertiary/aromatic N) is 2. The van der Waals surface area contributed by atoms with Crippen LogP contribution in [0.2, 0.25) is 0 Å². The predicted molar refractivity (Wildman–Crippen MR) is 76.5 cm³/mol. The molecule has 0 radical (unpaired) electrons. The molecule has 0 aliphatic heterocycles. The summed E-state index contributed by atoms with van der Waals surface area (Å²) < 4.78 is 6.47. The highest BCUT2D eigenvalue weighted by Crippen LogP contribution is 2.31. The third kappa shape index (κ3) is 2.13. The van der Waals surface area contributed by atoms with Crippen LogP contribution in [0.5, 0.6) is 0 Å². The molecule has 0 atom stereocenters. The van der Waals surface area contributed by atoms with E-state index in [1.807, 2.05) is 42.5 Å². The fourth-order valence-electron chi connectivity index (χ4n) is 2.06. The molecule has 2 aromatic carbocycles. The fraction of sp³-hybridized carbons (Fsp3) is 0.0667. The van der Waals surface area contributed by atoms with Gasteiger partial charge in [-0.05, 0) is 35.9 Å². The molecule has 3 aromatic rings. The van der Waals surface area contributed by atoms with Crippen LogP contribution in [0.15, 0.2) is 51.5 Å². The minimum absolute atomic E-state index is 0.337. The molecule has 0 N–H and O–H groups in total. The van der Waals surface area contributed by atoms with Gasteiger partial charge in [-0.25, -0.2) is 0 Å². The van der Waals surface area contributed by atoms with Crippen molar-refractivity contribution < 1.29 is 4.52 Å². The Morgan fingerprint density at radius 2 is 1.95 bits per heavy atom. The van der Waals surface area contributed by atoms with E-state index in [-0.39, 0.29) is 0 Å². The fourth-order valence-corrected chi connectivity index (χ4v) is 2.32. The summed E-state index contributed by atoms with van der Waals surface area (Å²) in [6, 6.07) is 15.8. The van der Waals surface area contributed by atoms with Crippen molar-refractivity contribution in [3.05, 3.63) is 52.5 Å². The van der Waals surface area contributed by atoms with Crippen molar-refractivity contribution in [1.82, 2.24) is 5.16 Å². The lowest BCUT2D eigenvalue weighted by Gasteiger charge is -1.98. The molecular weight excluding hydrogens is 304 g/mol. The van der Waals surface area contributed by atoms with Gasteiger partial charge in [0.25, 0.3) is 0 Å². The molecular formula is C15H9BrN2O. The van der Waals surface area contributed by atoms with Crippen molar-refractivity contribution in [2.24, 2.45) is 0 Å². The lowest BCUT2D eigenvalue weighted by atomic mass is 10.0. The molecule has 0 aliphatic rings. The monoisotopic (exact) mass is 312 g/mol. The van der Waals surface area contributed by atoms with Crippen molar-refractivity contribution in [2.75, 3.05) is 0 Å². The molecule has 4 heteroatoms. The first kappa shape index (κ1) is 11.9. The van der Waals surface area contributed by atoms with Crippen molar-refractivity contribution >= 4 is 26.8 Å². The topological polar surface area (TPSA) is 49.8 Å². The van der Waals surface area contributed by atoms with Crippen LogP contribution in [0.25, 0.3) is 22.2 Å². The van der Waals surface area contributed by atoms with E-state index in [2.05, 4.69) is 27.2 Å². The SMILES string of the molecule is N#CCc1cccc2c(-c3ccc(Br)cc3)onc12. The first-order valence-corrected chi connectivity index (χ1v) is 6.59. The van der Waals surface area contributed by atoms with E-state index in [1.165, 1.54) is 0 Å². The standard InChI is InChI=1S/C15H9BrN2O/c16-12-6-4-11(5-7-12)15-13-3-1-2-10(8-9-17)14(13)18-19-15/h1-7H,8H2. The number of fused-ring (bicyclic) bond motifs is 1. The van der Waals surface area contributed by atoms with Gasteiger partial charge in [-0.15, -0.1) is 0 Å². The van der Waals surface area contributed by atoms with Crippen molar-refractivity contribution in [2.45, 2.75) is 6.42 Å². The zero-order valence-electron chi connectivity index (χ0n) is 9.93. The third-order valence-electron chi connectivity index (χ3n) is 2.97. The molecule has 0 bridgehead atoms. The number of nitriles is 1. The average Bonchev–Trinajstić information content (AvgIpc) is 2.85. The Morgan fingerprint density at radius 3 is 2.68 bits per heavy atom. The summed E-state index contributed by atoms with van der Waals surface area (Å²) in [5.41, 5.74) is 2.63. The van der Waals surface area contributed by atoms with E-state index in [1.54, 1.807) is 0 Å². The summed E-state index contributed by atoms with van der Waals surface area (Å²) >= 11 is 3.41. The molecule has 0 aliphatic carbocycles. The normalized spacial score (nSPS) is 10.5. The molecule has 0 spiro atoms. The lowest BCUT2D eigenvalue weighted by Crippen LogP contribution is -1.83. The second-order valence-electron chi connectivity index (χ2n) is 4.17. The van der Waals surface area contributed by atoms with Gasteiger partial charge in [0.05, 0.1) is 17.9 Å². The average molecular weight is 313 g/mol. The Labute approximate surface area is 118 Å². The van der Waals surface area contributed by atoms with Crippen LogP contribution in [-0.4, -0.2) is 5.16 Å².